The van der Waals surface area contributed by atoms with E-state index in [-0.39, 0.29) is 9.77 Å². The maximum absolute atomic E-state index is 12.5. The number of nitrogens with one attached hydrogen (secondary N) is 2. The number of rotatable bonds is 7. The first-order chi connectivity index (χ1) is 10.0. The molecule has 2 rings (SSSR count). The molecule has 0 atom stereocenters. The van der Waals surface area contributed by atoms with Gasteiger partial charge in [-0.3, -0.25) is 0 Å². The van der Waals surface area contributed by atoms with Crippen LogP contribution in [0.15, 0.2) is 23.4 Å². The summed E-state index contributed by atoms with van der Waals surface area (Å²) in [6.45, 7) is 3.06. The monoisotopic (exact) mass is 329 g/mol. The van der Waals surface area contributed by atoms with Crippen LogP contribution in [-0.4, -0.2) is 37.5 Å². The van der Waals surface area contributed by atoms with E-state index in [1.165, 1.54) is 19.0 Å². The molecule has 0 amide bonds. The Morgan fingerprint density at radius 2 is 2.10 bits per heavy atom. The van der Waals surface area contributed by atoms with Crippen molar-refractivity contribution in [2.24, 2.45) is 0 Å². The van der Waals surface area contributed by atoms with Crippen LogP contribution in [0.5, 0.6) is 0 Å². The summed E-state index contributed by atoms with van der Waals surface area (Å²) in [5.74, 6) is 0. The number of thioether (sulfide) groups is 1. The van der Waals surface area contributed by atoms with Crippen molar-refractivity contribution >= 4 is 27.5 Å². The second-order valence-electron chi connectivity index (χ2n) is 5.31. The van der Waals surface area contributed by atoms with Gasteiger partial charge < -0.3 is 5.32 Å². The molecule has 1 saturated carbocycles. The highest BCUT2D eigenvalue weighted by Crippen LogP contribution is 2.39. The van der Waals surface area contributed by atoms with Crippen molar-refractivity contribution in [3.63, 3.8) is 0 Å². The summed E-state index contributed by atoms with van der Waals surface area (Å²) in [5, 5.41) is 3.13. The summed E-state index contributed by atoms with van der Waals surface area (Å²) in [7, 11) is -3.59. The van der Waals surface area contributed by atoms with E-state index in [4.69, 9.17) is 0 Å². The molecule has 2 N–H and O–H groups in total. The first-order valence-electron chi connectivity index (χ1n) is 7.27. The highest BCUT2D eigenvalue weighted by molar-refractivity contribution is 8.00. The molecule has 5 nitrogen and oxygen atoms in total. The molecule has 1 aromatic heterocycles. The van der Waals surface area contributed by atoms with E-state index in [9.17, 15) is 8.42 Å². The van der Waals surface area contributed by atoms with Gasteiger partial charge in [-0.25, -0.2) is 18.1 Å². The lowest BCUT2D eigenvalue weighted by molar-refractivity contribution is 0.549. The van der Waals surface area contributed by atoms with Crippen LogP contribution in [0.4, 0.5) is 5.69 Å². The number of anilines is 1. The van der Waals surface area contributed by atoms with Gasteiger partial charge >= 0.3 is 0 Å². The zero-order valence-electron chi connectivity index (χ0n) is 12.6. The van der Waals surface area contributed by atoms with Crippen LogP contribution >= 0.6 is 11.8 Å². The predicted molar refractivity (Wildman–Crippen MR) is 88.3 cm³/mol. The van der Waals surface area contributed by atoms with Gasteiger partial charge in [-0.15, -0.1) is 0 Å². The Balaban J connectivity index is 2.15. The van der Waals surface area contributed by atoms with Crippen LogP contribution in [-0.2, 0) is 10.0 Å². The molecule has 0 aliphatic heterocycles. The number of pyridine rings is 1. The van der Waals surface area contributed by atoms with Crippen LogP contribution in [0, 0.1) is 0 Å². The van der Waals surface area contributed by atoms with Gasteiger partial charge in [0.2, 0.25) is 0 Å². The molecular weight excluding hydrogens is 306 g/mol. The molecule has 21 heavy (non-hydrogen) atoms. The molecule has 7 heteroatoms. The summed E-state index contributed by atoms with van der Waals surface area (Å²) >= 11 is 1.77. The summed E-state index contributed by atoms with van der Waals surface area (Å²) in [6.07, 6.45) is 8.06. The Kier molecular flexibility index (Phi) is 5.51. The topological polar surface area (TPSA) is 71.1 Å². The first-order valence-corrected chi connectivity index (χ1v) is 9.97. The van der Waals surface area contributed by atoms with Gasteiger partial charge in [0.05, 0.1) is 5.69 Å². The minimum absolute atomic E-state index is 0.0419. The predicted octanol–water partition coefficient (Wildman–Crippen LogP) is 2.47. The van der Waals surface area contributed by atoms with E-state index in [1.54, 1.807) is 23.9 Å². The van der Waals surface area contributed by atoms with Crippen LogP contribution in [0.1, 0.15) is 32.6 Å². The minimum atomic E-state index is -3.59. The van der Waals surface area contributed by atoms with Crippen LogP contribution < -0.4 is 10.0 Å². The molecular formula is C14H23N3O2S2. The second-order valence-corrected chi connectivity index (χ2v) is 8.26. The third-order valence-electron chi connectivity index (χ3n) is 3.93. The third kappa shape index (κ3) is 3.90. The van der Waals surface area contributed by atoms with Crippen molar-refractivity contribution in [1.29, 1.82) is 0 Å². The number of aromatic nitrogens is 1. The van der Waals surface area contributed by atoms with E-state index in [2.05, 4.69) is 21.3 Å². The Morgan fingerprint density at radius 1 is 1.38 bits per heavy atom. The number of nitrogens with zero attached hydrogens (tertiary/aromatic N) is 1. The lowest BCUT2D eigenvalue weighted by atomic mass is 10.1. The average molecular weight is 329 g/mol. The molecule has 1 aliphatic carbocycles. The summed E-state index contributed by atoms with van der Waals surface area (Å²) in [5.41, 5.74) is 0.553. The molecule has 1 fully saturated rings. The number of sulfonamides is 1. The van der Waals surface area contributed by atoms with Gasteiger partial charge in [-0.2, -0.15) is 11.8 Å². The molecule has 0 radical (unpaired) electrons. The minimum Gasteiger partial charge on any atom is -0.383 e. The smallest absolute Gasteiger partial charge is 0.260 e. The maximum Gasteiger partial charge on any atom is 0.260 e. The molecule has 1 aromatic rings. The number of hydrogen-bond acceptors (Lipinski definition) is 5. The zero-order chi connectivity index (χ0) is 15.3. The molecule has 118 valence electrons. The highest BCUT2D eigenvalue weighted by Gasteiger charge is 2.34. The van der Waals surface area contributed by atoms with E-state index in [1.807, 2.05) is 6.92 Å². The van der Waals surface area contributed by atoms with Crippen molar-refractivity contribution in [3.05, 3.63) is 18.3 Å². The summed E-state index contributed by atoms with van der Waals surface area (Å²) in [4.78, 5) is 4.04. The third-order valence-corrected chi connectivity index (χ3v) is 6.70. The Morgan fingerprint density at radius 3 is 2.71 bits per heavy atom. The van der Waals surface area contributed by atoms with Gasteiger partial charge in [0, 0.05) is 24.0 Å². The Bertz CT molecular complexity index is 569. The van der Waals surface area contributed by atoms with Gasteiger partial charge in [0.15, 0.2) is 5.03 Å². The van der Waals surface area contributed by atoms with E-state index < -0.39 is 10.0 Å². The van der Waals surface area contributed by atoms with Crippen molar-refractivity contribution in [2.45, 2.75) is 42.4 Å². The standard InChI is InChI=1S/C14H23N3O2S2/c1-3-15-12-7-6-10-16-13(12)21(18,19)17-11-14(20-2)8-4-5-9-14/h6-7,10,15,17H,3-5,8-9,11H2,1-2H3. The van der Waals surface area contributed by atoms with Gasteiger partial charge in [-0.05, 0) is 38.2 Å². The van der Waals surface area contributed by atoms with Crippen molar-refractivity contribution in [1.82, 2.24) is 9.71 Å². The van der Waals surface area contributed by atoms with Crippen molar-refractivity contribution < 1.29 is 8.42 Å². The molecule has 1 heterocycles. The molecule has 1 aliphatic rings. The van der Waals surface area contributed by atoms with Gasteiger partial charge in [0.25, 0.3) is 10.0 Å². The molecule has 0 bridgehead atoms. The largest absolute Gasteiger partial charge is 0.383 e. The van der Waals surface area contributed by atoms with Crippen molar-refractivity contribution in [3.8, 4) is 0 Å². The Hall–Kier alpha value is -0.790. The molecule has 0 unspecified atom stereocenters. The lowest BCUT2D eigenvalue weighted by Crippen LogP contribution is -2.38. The molecule has 0 spiro atoms. The second kappa shape index (κ2) is 6.98. The SMILES string of the molecule is CCNc1cccnc1S(=O)(=O)NCC1(SC)CCCC1. The maximum atomic E-state index is 12.5. The fourth-order valence-electron chi connectivity index (χ4n) is 2.70. The quantitative estimate of drug-likeness (QED) is 0.804. The van der Waals surface area contributed by atoms with E-state index >= 15 is 0 Å². The lowest BCUT2D eigenvalue weighted by Gasteiger charge is -2.26. The number of hydrogen-bond donors (Lipinski definition) is 2. The van der Waals surface area contributed by atoms with E-state index in [0.29, 0.717) is 18.8 Å². The summed E-state index contributed by atoms with van der Waals surface area (Å²) < 4.78 is 27.8. The first kappa shape index (κ1) is 16.6. The van der Waals surface area contributed by atoms with Crippen LogP contribution in [0.2, 0.25) is 0 Å². The normalized spacial score (nSPS) is 17.8. The Labute approximate surface area is 131 Å². The summed E-state index contributed by atoms with van der Waals surface area (Å²) in [6, 6.07) is 3.47. The highest BCUT2D eigenvalue weighted by atomic mass is 32.2. The fourth-order valence-corrected chi connectivity index (χ4v) is 4.93. The average Bonchev–Trinajstić information content (AvgIpc) is 2.96. The van der Waals surface area contributed by atoms with Crippen molar-refractivity contribution in [2.75, 3.05) is 24.7 Å². The molecule has 0 saturated heterocycles. The molecule has 0 aromatic carbocycles. The van der Waals surface area contributed by atoms with Crippen LogP contribution in [0.25, 0.3) is 0 Å². The van der Waals surface area contributed by atoms with E-state index in [0.717, 1.165) is 12.8 Å². The zero-order valence-corrected chi connectivity index (χ0v) is 14.2. The fraction of sp³-hybridized carbons (Fsp3) is 0.643. The van der Waals surface area contributed by atoms with Gasteiger partial charge in [-0.1, -0.05) is 12.8 Å². The van der Waals surface area contributed by atoms with Gasteiger partial charge in [0.1, 0.15) is 0 Å². The van der Waals surface area contributed by atoms with Crippen LogP contribution in [0.3, 0.4) is 0 Å².